The van der Waals surface area contributed by atoms with E-state index >= 15 is 0 Å². The average Bonchev–Trinajstić information content (AvgIpc) is 2.24. The van der Waals surface area contributed by atoms with Gasteiger partial charge >= 0.3 is 0 Å². The summed E-state index contributed by atoms with van der Waals surface area (Å²) >= 11 is 1.44. The molecule has 4 nitrogen and oxygen atoms in total. The molecule has 4 N–H and O–H groups in total. The lowest BCUT2D eigenvalue weighted by Crippen LogP contribution is -1.79. The van der Waals surface area contributed by atoms with E-state index in [-0.39, 0.29) is 0 Å². The third-order valence-corrected chi connectivity index (χ3v) is 1.06. The topological polar surface area (TPSA) is 87.2 Å². The summed E-state index contributed by atoms with van der Waals surface area (Å²) in [6.45, 7) is 0. The van der Waals surface area contributed by atoms with E-state index in [0.29, 0.717) is 5.13 Å². The molecule has 1 heterocycles. The molecule has 44 valence electrons. The molecule has 0 saturated heterocycles. The largest absolute Gasteiger partial charge is 0.375 e. The van der Waals surface area contributed by atoms with E-state index < -0.39 is 0 Å². The maximum atomic E-state index is 6.50. The van der Waals surface area contributed by atoms with Gasteiger partial charge in [-0.25, -0.2) is 10.8 Å². The molecular weight excluding hydrogens is 124 g/mol. The van der Waals surface area contributed by atoms with Gasteiger partial charge in [0.05, 0.1) is 0 Å². The highest BCUT2D eigenvalue weighted by molar-refractivity contribution is 7.13. The molecular formula is C3H6N4S. The number of hydrogen-bond donors (Lipinski definition) is 2. The van der Waals surface area contributed by atoms with E-state index in [9.17, 15) is 0 Å². The number of anilines is 1. The average molecular weight is 130 g/mol. The molecule has 0 aromatic carbocycles. The Labute approximate surface area is 51.3 Å². The molecule has 0 aliphatic rings. The van der Waals surface area contributed by atoms with Crippen molar-refractivity contribution in [3.8, 4) is 0 Å². The molecule has 0 bridgehead atoms. The second-order valence-electron chi connectivity index (χ2n) is 0.870. The first-order valence-corrected chi connectivity index (χ1v) is 2.68. The Hall–Kier alpha value is -0.650. The van der Waals surface area contributed by atoms with Gasteiger partial charge in [0.25, 0.3) is 0 Å². The van der Waals surface area contributed by atoms with Crippen molar-refractivity contribution in [3.05, 3.63) is 11.6 Å². The molecule has 0 aliphatic carbocycles. The third kappa shape index (κ3) is 2.51. The van der Waals surface area contributed by atoms with Crippen LogP contribution in [0.4, 0.5) is 5.13 Å². The minimum absolute atomic E-state index is 0.634. The van der Waals surface area contributed by atoms with Crippen molar-refractivity contribution in [2.24, 2.45) is 5.84 Å². The minimum Gasteiger partial charge on any atom is -0.375 e. The van der Waals surface area contributed by atoms with Crippen LogP contribution in [-0.2, 0) is 0 Å². The molecule has 8 heavy (non-hydrogen) atoms. The summed E-state index contributed by atoms with van der Waals surface area (Å²) in [5.74, 6) is 10.0. The highest BCUT2D eigenvalue weighted by atomic mass is 32.1. The normalized spacial score (nSPS) is 7.25. The first kappa shape index (κ1) is 7.35. The lowest BCUT2D eigenvalue weighted by molar-refractivity contribution is 1.20. The quantitative estimate of drug-likeness (QED) is 0.372. The summed E-state index contributed by atoms with van der Waals surface area (Å²) in [4.78, 5) is 3.71. The van der Waals surface area contributed by atoms with Gasteiger partial charge in [-0.3, -0.25) is 0 Å². The van der Waals surface area contributed by atoms with Crippen LogP contribution in [0.1, 0.15) is 0 Å². The fraction of sp³-hybridized carbons (Fsp3) is 0. The Balaban J connectivity index is 0.000000222. The smallest absolute Gasteiger partial charge is 0.179 e. The third-order valence-electron chi connectivity index (χ3n) is 0.451. The monoisotopic (exact) mass is 130 g/mol. The van der Waals surface area contributed by atoms with Gasteiger partial charge in [0.15, 0.2) is 5.13 Å². The van der Waals surface area contributed by atoms with Crippen LogP contribution in [0.2, 0.25) is 0 Å². The zero-order chi connectivity index (χ0) is 6.41. The molecule has 2 radical (unpaired) electrons. The SMILES string of the molecule is Nc1nccs1.[N]N. The second kappa shape index (κ2) is 4.51. The van der Waals surface area contributed by atoms with Crippen molar-refractivity contribution < 1.29 is 0 Å². The molecule has 0 spiro atoms. The Kier molecular flexibility index (Phi) is 4.14. The van der Waals surface area contributed by atoms with Crippen molar-refractivity contribution in [2.45, 2.75) is 0 Å². The van der Waals surface area contributed by atoms with Gasteiger partial charge in [0.1, 0.15) is 0 Å². The fourth-order valence-electron chi connectivity index (χ4n) is 0.234. The zero-order valence-corrected chi connectivity index (χ0v) is 4.93. The zero-order valence-electron chi connectivity index (χ0n) is 4.11. The lowest BCUT2D eigenvalue weighted by atomic mass is 11.0. The van der Waals surface area contributed by atoms with Gasteiger partial charge in [0.2, 0.25) is 0 Å². The van der Waals surface area contributed by atoms with Gasteiger partial charge in [0, 0.05) is 11.6 Å². The van der Waals surface area contributed by atoms with Crippen molar-refractivity contribution >= 4 is 16.5 Å². The molecule has 0 atom stereocenters. The number of thiazole rings is 1. The van der Waals surface area contributed by atoms with Gasteiger partial charge in [-0.05, 0) is 5.84 Å². The summed E-state index contributed by atoms with van der Waals surface area (Å²) in [6.07, 6.45) is 1.68. The van der Waals surface area contributed by atoms with Crippen LogP contribution in [0.15, 0.2) is 11.6 Å². The number of nitrogen functional groups attached to an aromatic ring is 1. The Bertz CT molecular complexity index is 115. The highest BCUT2D eigenvalue weighted by Gasteiger charge is 1.76. The maximum Gasteiger partial charge on any atom is 0.179 e. The van der Waals surface area contributed by atoms with Crippen LogP contribution in [0.5, 0.6) is 0 Å². The molecule has 1 rings (SSSR count). The summed E-state index contributed by atoms with van der Waals surface area (Å²) in [5.41, 5.74) is 5.19. The first-order chi connectivity index (χ1) is 3.89. The second-order valence-corrected chi connectivity index (χ2v) is 1.80. The van der Waals surface area contributed by atoms with Gasteiger partial charge in [-0.1, -0.05) is 0 Å². The molecule has 0 unspecified atom stereocenters. The number of hydrogen-bond acceptors (Lipinski definition) is 4. The summed E-state index contributed by atoms with van der Waals surface area (Å²) in [6, 6.07) is 0. The van der Waals surface area contributed by atoms with E-state index in [2.05, 4.69) is 10.8 Å². The molecule has 0 fully saturated rings. The number of nitrogens with two attached hydrogens (primary N) is 2. The fourth-order valence-corrected chi connectivity index (χ4v) is 0.617. The molecule has 5 heteroatoms. The predicted octanol–water partition coefficient (Wildman–Crippen LogP) is -0.346. The van der Waals surface area contributed by atoms with E-state index in [1.54, 1.807) is 6.20 Å². The van der Waals surface area contributed by atoms with Gasteiger partial charge in [-0.2, -0.15) is 0 Å². The standard InChI is InChI=1S/C3H4N2S.H2N2/c4-3-5-1-2-6-3;1-2/h1-2H,(H2,4,5);1H2. The highest BCUT2D eigenvalue weighted by Crippen LogP contribution is 2.02. The Morgan fingerprint density at radius 3 is 2.38 bits per heavy atom. The molecule has 0 aliphatic heterocycles. The summed E-state index contributed by atoms with van der Waals surface area (Å²) < 4.78 is 0. The van der Waals surface area contributed by atoms with Crippen LogP contribution < -0.4 is 17.4 Å². The Morgan fingerprint density at radius 2 is 2.25 bits per heavy atom. The van der Waals surface area contributed by atoms with Crippen LogP contribution >= 0.6 is 11.3 Å². The number of rotatable bonds is 0. The Morgan fingerprint density at radius 1 is 1.62 bits per heavy atom. The predicted molar refractivity (Wildman–Crippen MR) is 32.8 cm³/mol. The summed E-state index contributed by atoms with van der Waals surface area (Å²) in [5, 5.41) is 2.48. The van der Waals surface area contributed by atoms with Crippen molar-refractivity contribution in [1.29, 1.82) is 0 Å². The van der Waals surface area contributed by atoms with Crippen LogP contribution in [0.3, 0.4) is 0 Å². The lowest BCUT2D eigenvalue weighted by Gasteiger charge is -1.67. The molecule has 0 amide bonds. The molecule has 1 aromatic rings. The van der Waals surface area contributed by atoms with Gasteiger partial charge < -0.3 is 5.73 Å². The van der Waals surface area contributed by atoms with E-state index in [0.717, 1.165) is 0 Å². The minimum atomic E-state index is 0.634. The summed E-state index contributed by atoms with van der Waals surface area (Å²) in [7, 11) is 0. The van der Waals surface area contributed by atoms with Crippen LogP contribution in [-0.4, -0.2) is 4.98 Å². The van der Waals surface area contributed by atoms with Crippen LogP contribution in [0.25, 0.3) is 0 Å². The van der Waals surface area contributed by atoms with Crippen molar-refractivity contribution in [2.75, 3.05) is 5.73 Å². The van der Waals surface area contributed by atoms with Crippen molar-refractivity contribution in [3.63, 3.8) is 0 Å². The van der Waals surface area contributed by atoms with Crippen molar-refractivity contribution in [1.82, 2.24) is 10.8 Å². The first-order valence-electron chi connectivity index (χ1n) is 1.80. The molecule has 0 saturated carbocycles. The number of aromatic nitrogens is 1. The molecule has 1 aromatic heterocycles. The van der Waals surface area contributed by atoms with E-state index in [1.165, 1.54) is 11.3 Å². The van der Waals surface area contributed by atoms with Gasteiger partial charge in [-0.15, -0.1) is 11.3 Å². The van der Waals surface area contributed by atoms with E-state index in [1.807, 2.05) is 5.38 Å². The van der Waals surface area contributed by atoms with Crippen LogP contribution in [0, 0.1) is 0 Å². The maximum absolute atomic E-state index is 6.50. The number of nitrogens with zero attached hydrogens (tertiary/aromatic N) is 2. The van der Waals surface area contributed by atoms with E-state index in [4.69, 9.17) is 11.6 Å².